The zero-order valence-electron chi connectivity index (χ0n) is 15.2. The minimum atomic E-state index is -0.301. The van der Waals surface area contributed by atoms with E-state index in [1.54, 1.807) is 10.3 Å². The Hall–Kier alpha value is -2.99. The van der Waals surface area contributed by atoms with Crippen molar-refractivity contribution >= 4 is 34.0 Å². The van der Waals surface area contributed by atoms with Crippen molar-refractivity contribution in [3.8, 4) is 0 Å². The fourth-order valence-electron chi connectivity index (χ4n) is 2.64. The Morgan fingerprint density at radius 2 is 1.78 bits per heavy atom. The first-order valence-electron chi connectivity index (χ1n) is 8.55. The van der Waals surface area contributed by atoms with Gasteiger partial charge in [-0.1, -0.05) is 42.5 Å². The normalized spacial score (nSPS) is 10.4. The molecule has 3 rings (SSSR count). The van der Waals surface area contributed by atoms with Crippen molar-refractivity contribution in [1.82, 2.24) is 4.98 Å². The maximum Gasteiger partial charge on any atom is 0.310 e. The standard InChI is InChI=1S/C21H20N2O3S/c1-15-8-6-7-9-17(15)12-20(25)26-13-18-14-27-21(22-18)23(16(2)24)19-10-4-3-5-11-19/h3-11,14H,12-13H2,1-2H3. The molecule has 0 fully saturated rings. The van der Waals surface area contributed by atoms with E-state index in [-0.39, 0.29) is 24.9 Å². The number of carbonyl (C=O) groups excluding carboxylic acids is 2. The molecule has 3 aromatic rings. The second kappa shape index (κ2) is 8.60. The first kappa shape index (κ1) is 18.8. The number of ether oxygens (including phenoxy) is 1. The van der Waals surface area contributed by atoms with E-state index in [4.69, 9.17) is 4.74 Å². The summed E-state index contributed by atoms with van der Waals surface area (Å²) in [5.74, 6) is -0.427. The molecule has 1 aromatic heterocycles. The van der Waals surface area contributed by atoms with Crippen LogP contribution in [0.1, 0.15) is 23.7 Å². The molecule has 0 N–H and O–H groups in total. The Kier molecular flexibility index (Phi) is 5.98. The lowest BCUT2D eigenvalue weighted by atomic mass is 10.1. The fourth-order valence-corrected chi connectivity index (χ4v) is 3.51. The molecule has 0 aliphatic carbocycles. The van der Waals surface area contributed by atoms with Crippen LogP contribution in [-0.4, -0.2) is 16.9 Å². The quantitative estimate of drug-likeness (QED) is 0.594. The number of anilines is 2. The molecular weight excluding hydrogens is 360 g/mol. The van der Waals surface area contributed by atoms with Crippen molar-refractivity contribution < 1.29 is 14.3 Å². The lowest BCUT2D eigenvalue weighted by Gasteiger charge is -2.17. The van der Waals surface area contributed by atoms with Crippen LogP contribution in [-0.2, 0) is 27.4 Å². The Morgan fingerprint density at radius 1 is 1.07 bits per heavy atom. The van der Waals surface area contributed by atoms with Crippen LogP contribution in [0.5, 0.6) is 0 Å². The number of para-hydroxylation sites is 1. The van der Waals surface area contributed by atoms with Gasteiger partial charge < -0.3 is 4.74 Å². The zero-order chi connectivity index (χ0) is 19.2. The Labute approximate surface area is 162 Å². The van der Waals surface area contributed by atoms with Gasteiger partial charge in [0.05, 0.1) is 17.8 Å². The van der Waals surface area contributed by atoms with Gasteiger partial charge in [-0.05, 0) is 30.2 Å². The van der Waals surface area contributed by atoms with Gasteiger partial charge in [0.15, 0.2) is 5.13 Å². The van der Waals surface area contributed by atoms with E-state index in [0.717, 1.165) is 16.8 Å². The molecule has 27 heavy (non-hydrogen) atoms. The molecule has 6 heteroatoms. The predicted octanol–water partition coefficient (Wildman–Crippen LogP) is 4.42. The van der Waals surface area contributed by atoms with E-state index >= 15 is 0 Å². The number of thiazole rings is 1. The Balaban J connectivity index is 1.64. The summed E-state index contributed by atoms with van der Waals surface area (Å²) < 4.78 is 5.35. The number of benzene rings is 2. The van der Waals surface area contributed by atoms with Gasteiger partial charge in [-0.2, -0.15) is 0 Å². The number of aromatic nitrogens is 1. The third-order valence-electron chi connectivity index (χ3n) is 4.04. The van der Waals surface area contributed by atoms with E-state index in [0.29, 0.717) is 10.8 Å². The van der Waals surface area contributed by atoms with Gasteiger partial charge in [-0.15, -0.1) is 11.3 Å². The van der Waals surface area contributed by atoms with E-state index in [2.05, 4.69) is 4.98 Å². The van der Waals surface area contributed by atoms with E-state index < -0.39 is 0 Å². The van der Waals surface area contributed by atoms with Crippen LogP contribution in [0.3, 0.4) is 0 Å². The number of aryl methyl sites for hydroxylation is 1. The summed E-state index contributed by atoms with van der Waals surface area (Å²) in [6.07, 6.45) is 0.229. The molecule has 2 aromatic carbocycles. The van der Waals surface area contributed by atoms with Crippen LogP contribution in [0.15, 0.2) is 60.0 Å². The van der Waals surface area contributed by atoms with Crippen LogP contribution in [0.4, 0.5) is 10.8 Å². The van der Waals surface area contributed by atoms with Crippen molar-refractivity contribution in [2.45, 2.75) is 26.9 Å². The number of esters is 1. The SMILES string of the molecule is CC(=O)N(c1ccccc1)c1nc(COC(=O)Cc2ccccc2C)cs1. The summed E-state index contributed by atoms with van der Waals surface area (Å²) in [6, 6.07) is 17.1. The molecule has 0 aliphatic rings. The van der Waals surface area contributed by atoms with Gasteiger partial charge >= 0.3 is 5.97 Å². The first-order valence-corrected chi connectivity index (χ1v) is 9.43. The molecule has 0 aliphatic heterocycles. The smallest absolute Gasteiger partial charge is 0.310 e. The maximum atomic E-state index is 12.1. The molecule has 0 unspecified atom stereocenters. The summed E-state index contributed by atoms with van der Waals surface area (Å²) in [5.41, 5.74) is 3.39. The monoisotopic (exact) mass is 380 g/mol. The molecular formula is C21H20N2O3S. The molecule has 138 valence electrons. The highest BCUT2D eigenvalue weighted by Crippen LogP contribution is 2.28. The van der Waals surface area contributed by atoms with Crippen molar-refractivity contribution in [2.24, 2.45) is 0 Å². The number of rotatable bonds is 6. The highest BCUT2D eigenvalue weighted by molar-refractivity contribution is 7.14. The Bertz CT molecular complexity index is 937. The molecule has 0 atom stereocenters. The average Bonchev–Trinajstić information content (AvgIpc) is 3.11. The summed E-state index contributed by atoms with van der Waals surface area (Å²) in [5, 5.41) is 2.36. The number of hydrogen-bond acceptors (Lipinski definition) is 5. The summed E-state index contributed by atoms with van der Waals surface area (Å²) in [4.78, 5) is 30.2. The van der Waals surface area contributed by atoms with Gasteiger partial charge in [0.2, 0.25) is 5.91 Å². The summed E-state index contributed by atoms with van der Waals surface area (Å²) in [7, 11) is 0. The van der Waals surface area contributed by atoms with E-state index in [9.17, 15) is 9.59 Å². The van der Waals surface area contributed by atoms with Gasteiger partial charge in [-0.3, -0.25) is 14.5 Å². The number of hydrogen-bond donors (Lipinski definition) is 0. The van der Waals surface area contributed by atoms with Crippen LogP contribution in [0, 0.1) is 6.92 Å². The van der Waals surface area contributed by atoms with Crippen LogP contribution in [0.25, 0.3) is 0 Å². The third kappa shape index (κ3) is 4.80. The van der Waals surface area contributed by atoms with Crippen molar-refractivity contribution in [2.75, 3.05) is 4.90 Å². The molecule has 5 nitrogen and oxygen atoms in total. The second-order valence-electron chi connectivity index (χ2n) is 6.08. The largest absolute Gasteiger partial charge is 0.459 e. The second-order valence-corrected chi connectivity index (χ2v) is 6.91. The lowest BCUT2D eigenvalue weighted by molar-refractivity contribution is -0.144. The molecule has 0 saturated heterocycles. The van der Waals surface area contributed by atoms with Crippen molar-refractivity contribution in [3.63, 3.8) is 0 Å². The van der Waals surface area contributed by atoms with E-state index in [1.807, 2.05) is 61.5 Å². The first-order chi connectivity index (χ1) is 13.0. The predicted molar refractivity (Wildman–Crippen MR) is 106 cm³/mol. The number of amides is 1. The van der Waals surface area contributed by atoms with Gasteiger partial charge in [0.1, 0.15) is 6.61 Å². The zero-order valence-corrected chi connectivity index (χ0v) is 16.0. The lowest BCUT2D eigenvalue weighted by Crippen LogP contribution is -2.22. The highest BCUT2D eigenvalue weighted by Gasteiger charge is 2.18. The summed E-state index contributed by atoms with van der Waals surface area (Å²) in [6.45, 7) is 3.55. The molecule has 0 radical (unpaired) electrons. The van der Waals surface area contributed by atoms with Crippen LogP contribution >= 0.6 is 11.3 Å². The van der Waals surface area contributed by atoms with Crippen LogP contribution < -0.4 is 4.90 Å². The average molecular weight is 380 g/mol. The van der Waals surface area contributed by atoms with Gasteiger partial charge in [0, 0.05) is 12.3 Å². The topological polar surface area (TPSA) is 59.5 Å². The Morgan fingerprint density at radius 3 is 2.48 bits per heavy atom. The van der Waals surface area contributed by atoms with Gasteiger partial charge in [0.25, 0.3) is 0 Å². The fraction of sp³-hybridized carbons (Fsp3) is 0.190. The minimum Gasteiger partial charge on any atom is -0.459 e. The molecule has 0 bridgehead atoms. The van der Waals surface area contributed by atoms with Gasteiger partial charge in [-0.25, -0.2) is 4.98 Å². The third-order valence-corrected chi connectivity index (χ3v) is 4.91. The minimum absolute atomic E-state index is 0.0851. The van der Waals surface area contributed by atoms with Crippen molar-refractivity contribution in [1.29, 1.82) is 0 Å². The maximum absolute atomic E-state index is 12.1. The molecule has 1 heterocycles. The van der Waals surface area contributed by atoms with E-state index in [1.165, 1.54) is 18.3 Å². The molecule has 0 spiro atoms. The summed E-state index contributed by atoms with van der Waals surface area (Å²) >= 11 is 1.34. The number of nitrogens with zero attached hydrogens (tertiary/aromatic N) is 2. The highest BCUT2D eigenvalue weighted by atomic mass is 32.1. The van der Waals surface area contributed by atoms with Crippen LogP contribution in [0.2, 0.25) is 0 Å². The molecule has 0 saturated carbocycles. The molecule has 1 amide bonds. The van der Waals surface area contributed by atoms with Crippen molar-refractivity contribution in [3.05, 3.63) is 76.8 Å². The number of carbonyl (C=O) groups is 2.